The third kappa shape index (κ3) is 2.29. The van der Waals surface area contributed by atoms with Crippen molar-refractivity contribution in [3.8, 4) is 0 Å². The van der Waals surface area contributed by atoms with E-state index in [-0.39, 0.29) is 11.1 Å². The molecule has 2 atom stereocenters. The highest BCUT2D eigenvalue weighted by Gasteiger charge is 2.59. The minimum absolute atomic E-state index is 0.0673. The molecule has 0 aliphatic carbocycles. The fourth-order valence-corrected chi connectivity index (χ4v) is 3.72. The van der Waals surface area contributed by atoms with Crippen LogP contribution in [0.25, 0.3) is 0 Å². The molecule has 4 heteroatoms. The van der Waals surface area contributed by atoms with Crippen LogP contribution in [0.4, 0.5) is 0 Å². The highest BCUT2D eigenvalue weighted by molar-refractivity contribution is 5.90. The largest absolute Gasteiger partial charge is 0.338 e. The first-order valence-corrected chi connectivity index (χ1v) is 7.73. The summed E-state index contributed by atoms with van der Waals surface area (Å²) in [6.07, 6.45) is 3.59. The molecule has 0 radical (unpaired) electrons. The first-order valence-electron chi connectivity index (χ1n) is 7.73. The number of piperidine rings is 1. The third-order valence-electron chi connectivity index (χ3n) is 5.14. The molecular formula is C15H27N3O. The maximum absolute atomic E-state index is 12.7. The van der Waals surface area contributed by atoms with E-state index in [0.29, 0.717) is 5.91 Å². The fraction of sp³-hybridized carbons (Fsp3) is 0.933. The Morgan fingerprint density at radius 2 is 1.68 bits per heavy atom. The topological polar surface area (TPSA) is 26.6 Å². The second-order valence-corrected chi connectivity index (χ2v) is 7.36. The van der Waals surface area contributed by atoms with Gasteiger partial charge in [-0.2, -0.15) is 0 Å². The van der Waals surface area contributed by atoms with Crippen molar-refractivity contribution < 1.29 is 4.79 Å². The number of carbonyl (C=O) groups is 1. The van der Waals surface area contributed by atoms with E-state index in [4.69, 9.17) is 0 Å². The number of nitrogens with zero attached hydrogens (tertiary/aromatic N) is 3. The van der Waals surface area contributed by atoms with E-state index in [1.54, 1.807) is 0 Å². The molecule has 3 heterocycles. The summed E-state index contributed by atoms with van der Waals surface area (Å²) in [7, 11) is 0. The predicted molar refractivity (Wildman–Crippen MR) is 76.1 cm³/mol. The van der Waals surface area contributed by atoms with E-state index in [2.05, 4.69) is 35.5 Å². The zero-order valence-corrected chi connectivity index (χ0v) is 12.6. The predicted octanol–water partition coefficient (Wildman–Crippen LogP) is 1.17. The Morgan fingerprint density at radius 3 is 2.26 bits per heavy atom. The van der Waals surface area contributed by atoms with Gasteiger partial charge in [0.25, 0.3) is 0 Å². The van der Waals surface area contributed by atoms with Crippen molar-refractivity contribution in [2.75, 3.05) is 39.3 Å². The molecule has 3 saturated heterocycles. The Balaban J connectivity index is 1.59. The lowest BCUT2D eigenvalue weighted by molar-refractivity contribution is -0.138. The van der Waals surface area contributed by atoms with Crippen molar-refractivity contribution in [3.63, 3.8) is 0 Å². The van der Waals surface area contributed by atoms with Crippen LogP contribution in [-0.2, 0) is 4.79 Å². The first-order chi connectivity index (χ1) is 8.93. The van der Waals surface area contributed by atoms with Gasteiger partial charge in [0.15, 0.2) is 0 Å². The van der Waals surface area contributed by atoms with Crippen LogP contribution in [0.15, 0.2) is 0 Å². The van der Waals surface area contributed by atoms with Crippen molar-refractivity contribution in [1.29, 1.82) is 0 Å². The lowest BCUT2D eigenvalue weighted by Crippen LogP contribution is -2.57. The Morgan fingerprint density at radius 1 is 1.00 bits per heavy atom. The zero-order chi connectivity index (χ0) is 13.7. The van der Waals surface area contributed by atoms with Gasteiger partial charge in [-0.05, 0) is 46.6 Å². The highest BCUT2D eigenvalue weighted by Crippen LogP contribution is 2.42. The minimum atomic E-state index is -0.0673. The van der Waals surface area contributed by atoms with Crippen LogP contribution in [0.5, 0.6) is 0 Å². The molecule has 2 unspecified atom stereocenters. The Hall–Kier alpha value is -0.610. The van der Waals surface area contributed by atoms with Crippen LogP contribution in [0, 0.1) is 0 Å². The average molecular weight is 265 g/mol. The monoisotopic (exact) mass is 265 g/mol. The summed E-state index contributed by atoms with van der Waals surface area (Å²) in [5.41, 5.74) is 0.159. The molecule has 0 spiro atoms. The van der Waals surface area contributed by atoms with E-state index >= 15 is 0 Å². The summed E-state index contributed by atoms with van der Waals surface area (Å²) in [4.78, 5) is 19.7. The van der Waals surface area contributed by atoms with Crippen molar-refractivity contribution in [2.45, 2.75) is 51.1 Å². The van der Waals surface area contributed by atoms with Crippen LogP contribution >= 0.6 is 0 Å². The molecule has 19 heavy (non-hydrogen) atoms. The number of rotatable bonds is 1. The molecule has 1 amide bonds. The standard InChI is InChI=1S/C15H27N3O/c1-14(2,3)17-10-8-16(9-11-17)13(19)15-6-4-5-7-18(15)12-15/h4-12H2,1-3H3. The minimum Gasteiger partial charge on any atom is -0.338 e. The molecule has 3 rings (SSSR count). The fourth-order valence-electron chi connectivity index (χ4n) is 3.72. The van der Waals surface area contributed by atoms with Crippen LogP contribution < -0.4 is 0 Å². The van der Waals surface area contributed by atoms with Crippen molar-refractivity contribution in [3.05, 3.63) is 0 Å². The second-order valence-electron chi connectivity index (χ2n) is 7.36. The number of hydrogen-bond acceptors (Lipinski definition) is 3. The number of amides is 1. The van der Waals surface area contributed by atoms with Crippen LogP contribution in [-0.4, -0.2) is 71.0 Å². The molecule has 3 fully saturated rings. The van der Waals surface area contributed by atoms with E-state index in [1.807, 2.05) is 0 Å². The Bertz CT molecular complexity index is 368. The molecule has 0 N–H and O–H groups in total. The van der Waals surface area contributed by atoms with Gasteiger partial charge in [-0.15, -0.1) is 0 Å². The van der Waals surface area contributed by atoms with Gasteiger partial charge >= 0.3 is 0 Å². The van der Waals surface area contributed by atoms with Crippen LogP contribution in [0.2, 0.25) is 0 Å². The number of fused-ring (bicyclic) bond motifs is 1. The summed E-state index contributed by atoms with van der Waals surface area (Å²) in [5, 5.41) is 0. The lowest BCUT2D eigenvalue weighted by atomic mass is 9.96. The maximum Gasteiger partial charge on any atom is 0.244 e. The molecule has 0 saturated carbocycles. The van der Waals surface area contributed by atoms with Gasteiger partial charge in [0.05, 0.1) is 0 Å². The smallest absolute Gasteiger partial charge is 0.244 e. The zero-order valence-electron chi connectivity index (χ0n) is 12.6. The van der Waals surface area contributed by atoms with Crippen molar-refractivity contribution in [1.82, 2.24) is 14.7 Å². The molecule has 0 aromatic rings. The molecule has 0 bridgehead atoms. The molecule has 0 aromatic heterocycles. The van der Waals surface area contributed by atoms with E-state index in [9.17, 15) is 4.79 Å². The van der Waals surface area contributed by atoms with Crippen LogP contribution in [0.1, 0.15) is 40.0 Å². The first kappa shape index (κ1) is 13.4. The van der Waals surface area contributed by atoms with Crippen molar-refractivity contribution >= 4 is 5.91 Å². The van der Waals surface area contributed by atoms with Crippen molar-refractivity contribution in [2.24, 2.45) is 0 Å². The molecule has 0 aromatic carbocycles. The van der Waals surface area contributed by atoms with Gasteiger partial charge in [0, 0.05) is 38.3 Å². The SMILES string of the molecule is CC(C)(C)N1CCN(C(=O)C23CCCCN2C3)CC1. The second kappa shape index (κ2) is 4.45. The van der Waals surface area contributed by atoms with Gasteiger partial charge in [-0.1, -0.05) is 0 Å². The summed E-state index contributed by atoms with van der Waals surface area (Å²) < 4.78 is 0. The molecule has 3 aliphatic heterocycles. The van der Waals surface area contributed by atoms with E-state index < -0.39 is 0 Å². The maximum atomic E-state index is 12.7. The average Bonchev–Trinajstić information content (AvgIpc) is 3.12. The Kier molecular flexibility index (Phi) is 3.13. The van der Waals surface area contributed by atoms with Gasteiger partial charge in [0.2, 0.25) is 5.91 Å². The molecule has 108 valence electrons. The van der Waals surface area contributed by atoms with E-state index in [0.717, 1.165) is 45.7 Å². The van der Waals surface area contributed by atoms with Crippen LogP contribution in [0.3, 0.4) is 0 Å². The lowest BCUT2D eigenvalue weighted by Gasteiger charge is -2.43. The third-order valence-corrected chi connectivity index (χ3v) is 5.14. The summed E-state index contributed by atoms with van der Waals surface area (Å²) >= 11 is 0. The quantitative estimate of drug-likeness (QED) is 0.666. The van der Waals surface area contributed by atoms with Gasteiger partial charge < -0.3 is 4.90 Å². The molecule has 4 nitrogen and oxygen atoms in total. The van der Waals surface area contributed by atoms with Gasteiger partial charge in [0.1, 0.15) is 5.54 Å². The molecule has 3 aliphatic rings. The van der Waals surface area contributed by atoms with Gasteiger partial charge in [-0.3, -0.25) is 14.6 Å². The number of carbonyl (C=O) groups excluding carboxylic acids is 1. The summed E-state index contributed by atoms with van der Waals surface area (Å²) in [6, 6.07) is 0. The normalized spacial score (nSPS) is 35.9. The Labute approximate surface area is 116 Å². The number of piperazine rings is 1. The number of hydrogen-bond donors (Lipinski definition) is 0. The highest BCUT2D eigenvalue weighted by atomic mass is 16.2. The van der Waals surface area contributed by atoms with E-state index in [1.165, 1.54) is 12.8 Å². The molecular weight excluding hydrogens is 238 g/mol. The summed E-state index contributed by atoms with van der Waals surface area (Å²) in [5.74, 6) is 0.417. The summed E-state index contributed by atoms with van der Waals surface area (Å²) in [6.45, 7) is 12.8. The van der Waals surface area contributed by atoms with Gasteiger partial charge in [-0.25, -0.2) is 0 Å².